The van der Waals surface area contributed by atoms with Gasteiger partial charge in [-0.15, -0.1) is 6.58 Å². The average molecular weight is 383 g/mol. The van der Waals surface area contributed by atoms with Gasteiger partial charge in [-0.3, -0.25) is 0 Å². The van der Waals surface area contributed by atoms with E-state index in [2.05, 4.69) is 95.3 Å². The normalized spacial score (nSPS) is 14.6. The minimum Gasteiger partial charge on any atom is -0.543 e. The molecular formula is C19H31BrOSi. The molecule has 0 aliphatic carbocycles. The summed E-state index contributed by atoms with van der Waals surface area (Å²) in [4.78, 5) is 0. The topological polar surface area (TPSA) is 9.23 Å². The molecule has 0 unspecified atom stereocenters. The maximum Gasteiger partial charge on any atom is 0.250 e. The largest absolute Gasteiger partial charge is 0.543 e. The molecule has 3 heteroatoms. The van der Waals surface area contributed by atoms with Gasteiger partial charge < -0.3 is 4.43 Å². The van der Waals surface area contributed by atoms with Gasteiger partial charge in [-0.05, 0) is 57.0 Å². The summed E-state index contributed by atoms with van der Waals surface area (Å²) in [5, 5.41) is 0.189. The van der Waals surface area contributed by atoms with Gasteiger partial charge in [0.05, 0.1) is 4.47 Å². The predicted octanol–water partition coefficient (Wildman–Crippen LogP) is 7.15. The minimum absolute atomic E-state index is 0.0398. The Balaban J connectivity index is 3.23. The summed E-state index contributed by atoms with van der Waals surface area (Å²) in [6.07, 6.45) is 2.03. The van der Waals surface area contributed by atoms with Crippen LogP contribution in [0.2, 0.25) is 18.1 Å². The van der Waals surface area contributed by atoms with Crippen LogP contribution in [0.4, 0.5) is 0 Å². The Hall–Kier alpha value is -0.543. The first kappa shape index (κ1) is 19.5. The smallest absolute Gasteiger partial charge is 0.250 e. The zero-order valence-electron chi connectivity index (χ0n) is 15.4. The van der Waals surface area contributed by atoms with E-state index < -0.39 is 8.32 Å². The van der Waals surface area contributed by atoms with Crippen LogP contribution in [0.25, 0.3) is 0 Å². The summed E-state index contributed by atoms with van der Waals surface area (Å²) in [6.45, 7) is 22.0. The maximum absolute atomic E-state index is 6.50. The number of allylic oxidation sites excluding steroid dienone is 1. The average Bonchev–Trinajstić information content (AvgIpc) is 2.39. The van der Waals surface area contributed by atoms with E-state index >= 15 is 0 Å². The van der Waals surface area contributed by atoms with Gasteiger partial charge in [0, 0.05) is 0 Å². The van der Waals surface area contributed by atoms with Crippen LogP contribution >= 0.6 is 15.9 Å². The van der Waals surface area contributed by atoms with Crippen LogP contribution in [0, 0.1) is 5.41 Å². The van der Waals surface area contributed by atoms with E-state index in [0.29, 0.717) is 5.92 Å². The van der Waals surface area contributed by atoms with Crippen molar-refractivity contribution < 1.29 is 4.43 Å². The van der Waals surface area contributed by atoms with E-state index in [-0.39, 0.29) is 10.5 Å². The molecule has 0 radical (unpaired) electrons. The highest BCUT2D eigenvalue weighted by Gasteiger charge is 2.39. The third-order valence-corrected chi connectivity index (χ3v) is 10.5. The molecule has 0 aromatic heterocycles. The van der Waals surface area contributed by atoms with Crippen LogP contribution in [0.3, 0.4) is 0 Å². The van der Waals surface area contributed by atoms with Crippen LogP contribution in [-0.2, 0) is 0 Å². The molecule has 0 aliphatic rings. The van der Waals surface area contributed by atoms with Crippen molar-refractivity contribution in [2.45, 2.75) is 65.6 Å². The fourth-order valence-electron chi connectivity index (χ4n) is 1.95. The van der Waals surface area contributed by atoms with Crippen molar-refractivity contribution >= 4 is 24.2 Å². The molecule has 1 aromatic carbocycles. The van der Waals surface area contributed by atoms with Gasteiger partial charge in [0.25, 0.3) is 8.32 Å². The van der Waals surface area contributed by atoms with Crippen molar-refractivity contribution in [3.8, 4) is 5.75 Å². The minimum atomic E-state index is -1.84. The molecule has 1 nitrogen and oxygen atoms in total. The SMILES string of the molecule is C=CC(C)(C)[C@H](C)c1cccc(O[Si](C)(C)C(C)(C)C)c1Br. The molecule has 124 valence electrons. The van der Waals surface area contributed by atoms with Crippen LogP contribution in [0.5, 0.6) is 5.75 Å². The Morgan fingerprint density at radius 1 is 1.18 bits per heavy atom. The maximum atomic E-state index is 6.50. The summed E-state index contributed by atoms with van der Waals surface area (Å²) in [6, 6.07) is 6.35. The lowest BCUT2D eigenvalue weighted by atomic mass is 9.76. The molecule has 0 spiro atoms. The molecule has 0 N–H and O–H groups in total. The zero-order chi connectivity index (χ0) is 17.3. The Morgan fingerprint density at radius 3 is 2.18 bits per heavy atom. The molecular weight excluding hydrogens is 352 g/mol. The Kier molecular flexibility index (Phi) is 5.78. The van der Waals surface area contributed by atoms with Gasteiger partial charge in [0.2, 0.25) is 0 Å². The third-order valence-electron chi connectivity index (χ3n) is 5.27. The lowest BCUT2D eigenvalue weighted by Gasteiger charge is -2.37. The second-order valence-corrected chi connectivity index (χ2v) is 13.8. The number of hydrogen-bond acceptors (Lipinski definition) is 1. The van der Waals surface area contributed by atoms with Crippen molar-refractivity contribution in [1.82, 2.24) is 0 Å². The van der Waals surface area contributed by atoms with Gasteiger partial charge in [-0.2, -0.15) is 0 Å². The standard InChI is InChI=1S/C19H31BrOSi/c1-10-19(6,7)14(2)15-12-11-13-16(17(15)20)21-22(8,9)18(3,4)5/h10-14H,1H2,2-9H3/t14-/m1/s1. The summed E-state index contributed by atoms with van der Waals surface area (Å²) < 4.78 is 7.59. The van der Waals surface area contributed by atoms with Crippen molar-refractivity contribution in [3.05, 3.63) is 40.9 Å². The summed E-state index contributed by atoms with van der Waals surface area (Å²) >= 11 is 3.79. The molecule has 1 atom stereocenters. The molecule has 0 fully saturated rings. The van der Waals surface area contributed by atoms with E-state index in [1.165, 1.54) is 5.56 Å². The second-order valence-electron chi connectivity index (χ2n) is 8.27. The third kappa shape index (κ3) is 4.05. The molecule has 0 amide bonds. The van der Waals surface area contributed by atoms with Gasteiger partial charge in [0.15, 0.2) is 0 Å². The predicted molar refractivity (Wildman–Crippen MR) is 104 cm³/mol. The van der Waals surface area contributed by atoms with Crippen LogP contribution in [0.15, 0.2) is 35.3 Å². The van der Waals surface area contributed by atoms with Crippen molar-refractivity contribution in [3.63, 3.8) is 0 Å². The first-order chi connectivity index (χ1) is 9.83. The lowest BCUT2D eigenvalue weighted by molar-refractivity contribution is 0.393. The Labute approximate surface area is 146 Å². The zero-order valence-corrected chi connectivity index (χ0v) is 18.0. The van der Waals surface area contributed by atoms with Gasteiger partial charge in [0.1, 0.15) is 5.75 Å². The number of benzene rings is 1. The summed E-state index contributed by atoms with van der Waals surface area (Å²) in [7, 11) is -1.84. The quantitative estimate of drug-likeness (QED) is 0.387. The van der Waals surface area contributed by atoms with Crippen LogP contribution in [-0.4, -0.2) is 8.32 Å². The fourth-order valence-corrected chi connectivity index (χ4v) is 3.81. The summed E-state index contributed by atoms with van der Waals surface area (Å²) in [5.41, 5.74) is 1.32. The van der Waals surface area contributed by atoms with Gasteiger partial charge in [-0.1, -0.05) is 59.8 Å². The molecule has 0 aliphatic heterocycles. The van der Waals surface area contributed by atoms with E-state index in [9.17, 15) is 0 Å². The monoisotopic (exact) mass is 382 g/mol. The summed E-state index contributed by atoms with van der Waals surface area (Å²) in [5.74, 6) is 1.33. The first-order valence-electron chi connectivity index (χ1n) is 7.94. The number of hydrogen-bond donors (Lipinski definition) is 0. The molecule has 22 heavy (non-hydrogen) atoms. The van der Waals surface area contributed by atoms with E-state index in [4.69, 9.17) is 4.43 Å². The molecule has 0 saturated carbocycles. The van der Waals surface area contributed by atoms with Crippen molar-refractivity contribution in [2.24, 2.45) is 5.41 Å². The number of rotatable bonds is 5. The Morgan fingerprint density at radius 2 is 1.73 bits per heavy atom. The molecule has 1 rings (SSSR count). The van der Waals surface area contributed by atoms with Crippen LogP contribution in [0.1, 0.15) is 53.0 Å². The molecule has 0 heterocycles. The van der Waals surface area contributed by atoms with E-state index in [1.807, 2.05) is 6.08 Å². The lowest BCUT2D eigenvalue weighted by Crippen LogP contribution is -2.44. The Bertz CT molecular complexity index is 541. The highest BCUT2D eigenvalue weighted by Crippen LogP contribution is 2.44. The van der Waals surface area contributed by atoms with Crippen LogP contribution < -0.4 is 4.43 Å². The molecule has 0 bridgehead atoms. The first-order valence-corrected chi connectivity index (χ1v) is 11.6. The molecule has 0 saturated heterocycles. The van der Waals surface area contributed by atoms with Gasteiger partial charge >= 0.3 is 0 Å². The highest BCUT2D eigenvalue weighted by molar-refractivity contribution is 9.10. The fraction of sp³-hybridized carbons (Fsp3) is 0.579. The highest BCUT2D eigenvalue weighted by atomic mass is 79.9. The number of halogens is 1. The van der Waals surface area contributed by atoms with Crippen molar-refractivity contribution in [2.75, 3.05) is 0 Å². The van der Waals surface area contributed by atoms with E-state index in [1.54, 1.807) is 0 Å². The van der Waals surface area contributed by atoms with Gasteiger partial charge in [-0.25, -0.2) is 0 Å². The second kappa shape index (κ2) is 6.52. The van der Waals surface area contributed by atoms with Crippen molar-refractivity contribution in [1.29, 1.82) is 0 Å². The molecule has 1 aromatic rings. The van der Waals surface area contributed by atoms with E-state index in [0.717, 1.165) is 10.2 Å².